The molecule has 28 heavy (non-hydrogen) atoms. The minimum Gasteiger partial charge on any atom is -0.495 e. The van der Waals surface area contributed by atoms with Crippen LogP contribution in [0.5, 0.6) is 5.75 Å². The van der Waals surface area contributed by atoms with Gasteiger partial charge in [-0.1, -0.05) is 11.6 Å². The Kier molecular flexibility index (Phi) is 5.59. The molecule has 148 valence electrons. The molecular formula is C18H19ClN4O4S. The number of carbonyl (C=O) groups is 1. The van der Waals surface area contributed by atoms with Crippen LogP contribution in [0.1, 0.15) is 24.3 Å². The molecule has 0 spiro atoms. The molecule has 3 rings (SSSR count). The van der Waals surface area contributed by atoms with Crippen LogP contribution in [0.3, 0.4) is 0 Å². The molecule has 0 radical (unpaired) electrons. The highest BCUT2D eigenvalue weighted by atomic mass is 35.5. The Morgan fingerprint density at radius 3 is 2.64 bits per heavy atom. The third-order valence-electron chi connectivity index (χ3n) is 3.77. The third-order valence-corrected chi connectivity index (χ3v) is 5.65. The summed E-state index contributed by atoms with van der Waals surface area (Å²) >= 11 is 5.94. The molecule has 8 nitrogen and oxygen atoms in total. The number of pyridine rings is 1. The van der Waals surface area contributed by atoms with Gasteiger partial charge in [0, 0.05) is 18.4 Å². The zero-order valence-electron chi connectivity index (χ0n) is 15.4. The van der Waals surface area contributed by atoms with Crippen molar-refractivity contribution in [3.63, 3.8) is 0 Å². The Labute approximate surface area is 167 Å². The van der Waals surface area contributed by atoms with Crippen LogP contribution in [-0.2, 0) is 10.0 Å². The zero-order valence-corrected chi connectivity index (χ0v) is 17.0. The van der Waals surface area contributed by atoms with E-state index in [1.54, 1.807) is 36.6 Å². The molecule has 0 aliphatic carbocycles. The van der Waals surface area contributed by atoms with Crippen molar-refractivity contribution in [2.24, 2.45) is 0 Å². The summed E-state index contributed by atoms with van der Waals surface area (Å²) in [4.78, 5) is 16.9. The molecule has 0 bridgehead atoms. The largest absolute Gasteiger partial charge is 0.495 e. The summed E-state index contributed by atoms with van der Waals surface area (Å²) in [6.07, 6.45) is 3.16. The normalized spacial score (nSPS) is 11.8. The maximum Gasteiger partial charge on any atom is 0.275 e. The van der Waals surface area contributed by atoms with Crippen LogP contribution in [0, 0.1) is 0 Å². The lowest BCUT2D eigenvalue weighted by atomic mass is 10.3. The smallest absolute Gasteiger partial charge is 0.275 e. The van der Waals surface area contributed by atoms with Gasteiger partial charge in [0.1, 0.15) is 17.1 Å². The number of aromatic nitrogens is 2. The number of carbonyl (C=O) groups excluding carboxylic acids is 1. The van der Waals surface area contributed by atoms with Crippen molar-refractivity contribution in [3.8, 4) is 5.75 Å². The summed E-state index contributed by atoms with van der Waals surface area (Å²) in [6, 6.07) is 7.32. The van der Waals surface area contributed by atoms with Crippen molar-refractivity contribution in [1.29, 1.82) is 0 Å². The zero-order chi connectivity index (χ0) is 20.5. The fraction of sp³-hybridized carbons (Fsp3) is 0.222. The van der Waals surface area contributed by atoms with E-state index in [1.807, 2.05) is 0 Å². The molecule has 1 amide bonds. The highest BCUT2D eigenvalue weighted by Crippen LogP contribution is 2.28. The van der Waals surface area contributed by atoms with E-state index in [4.69, 9.17) is 16.3 Å². The van der Waals surface area contributed by atoms with E-state index in [2.05, 4.69) is 15.0 Å². The van der Waals surface area contributed by atoms with Crippen molar-refractivity contribution in [1.82, 2.24) is 14.1 Å². The van der Waals surface area contributed by atoms with Crippen LogP contribution >= 0.6 is 11.6 Å². The van der Waals surface area contributed by atoms with Crippen molar-refractivity contribution in [3.05, 3.63) is 53.4 Å². The fourth-order valence-electron chi connectivity index (χ4n) is 2.59. The second-order valence-electron chi connectivity index (χ2n) is 6.33. The number of amides is 1. The number of nitrogens with one attached hydrogen (secondary N) is 2. The van der Waals surface area contributed by atoms with Gasteiger partial charge < -0.3 is 14.5 Å². The maximum absolute atomic E-state index is 12.6. The van der Waals surface area contributed by atoms with Crippen molar-refractivity contribution < 1.29 is 17.9 Å². The number of halogens is 1. The van der Waals surface area contributed by atoms with Gasteiger partial charge in [0.2, 0.25) is 10.0 Å². The van der Waals surface area contributed by atoms with Crippen molar-refractivity contribution >= 4 is 38.9 Å². The molecule has 0 unspecified atom stereocenters. The van der Waals surface area contributed by atoms with Crippen molar-refractivity contribution in [2.75, 3.05) is 12.4 Å². The first-order valence-electron chi connectivity index (χ1n) is 8.35. The number of anilines is 1. The van der Waals surface area contributed by atoms with E-state index in [1.165, 1.54) is 31.5 Å². The Balaban J connectivity index is 1.93. The Bertz CT molecular complexity index is 1140. The molecule has 0 aliphatic heterocycles. The lowest BCUT2D eigenvalue weighted by molar-refractivity contribution is 0.102. The third kappa shape index (κ3) is 4.27. The number of imidazole rings is 1. The first-order valence-corrected chi connectivity index (χ1v) is 10.2. The van der Waals surface area contributed by atoms with Gasteiger partial charge in [0.05, 0.1) is 22.7 Å². The molecule has 2 heterocycles. The standard InChI is InChI=1S/C18H19ClN4O4S/c1-11(2)22-28(25,26)13-5-6-16(27-3)14(8-13)21-18(24)15-10-23-9-12(19)4-7-17(23)20-15/h4-11,22H,1-3H3,(H,21,24). The molecule has 0 atom stereocenters. The molecule has 10 heteroatoms. The summed E-state index contributed by atoms with van der Waals surface area (Å²) in [5.74, 6) is -0.187. The Morgan fingerprint density at radius 2 is 1.96 bits per heavy atom. The molecule has 0 saturated heterocycles. The predicted octanol–water partition coefficient (Wildman–Crippen LogP) is 2.94. The summed E-state index contributed by atoms with van der Waals surface area (Å²) in [5, 5.41) is 3.16. The lowest BCUT2D eigenvalue weighted by Gasteiger charge is -2.13. The SMILES string of the molecule is COc1ccc(S(=O)(=O)NC(C)C)cc1NC(=O)c1cn2cc(Cl)ccc2n1. The molecule has 1 aromatic carbocycles. The number of benzene rings is 1. The number of hydrogen-bond donors (Lipinski definition) is 2. The van der Waals surface area contributed by atoms with Crippen LogP contribution in [0.4, 0.5) is 5.69 Å². The average Bonchev–Trinajstić information content (AvgIpc) is 3.03. The van der Waals surface area contributed by atoms with Crippen LogP contribution in [0.15, 0.2) is 47.6 Å². The lowest BCUT2D eigenvalue weighted by Crippen LogP contribution is -2.30. The van der Waals surface area contributed by atoms with E-state index in [0.717, 1.165) is 0 Å². The highest BCUT2D eigenvalue weighted by Gasteiger charge is 2.19. The van der Waals surface area contributed by atoms with Gasteiger partial charge in [-0.25, -0.2) is 18.1 Å². The molecule has 3 aromatic rings. The number of ether oxygens (including phenoxy) is 1. The van der Waals surface area contributed by atoms with Crippen LogP contribution < -0.4 is 14.8 Å². The Hall–Kier alpha value is -2.62. The van der Waals surface area contributed by atoms with E-state index in [0.29, 0.717) is 16.4 Å². The maximum atomic E-state index is 12.6. The molecular weight excluding hydrogens is 404 g/mol. The van der Waals surface area contributed by atoms with E-state index in [9.17, 15) is 13.2 Å². The van der Waals surface area contributed by atoms with Gasteiger partial charge >= 0.3 is 0 Å². The summed E-state index contributed by atoms with van der Waals surface area (Å²) in [5.41, 5.74) is 0.922. The van der Waals surface area contributed by atoms with Crippen LogP contribution in [0.25, 0.3) is 5.65 Å². The Morgan fingerprint density at radius 1 is 1.21 bits per heavy atom. The van der Waals surface area contributed by atoms with Gasteiger partial charge in [-0.2, -0.15) is 0 Å². The molecule has 2 aromatic heterocycles. The highest BCUT2D eigenvalue weighted by molar-refractivity contribution is 7.89. The minimum absolute atomic E-state index is 0.0130. The summed E-state index contributed by atoms with van der Waals surface area (Å²) in [6.45, 7) is 3.44. The number of fused-ring (bicyclic) bond motifs is 1. The first-order chi connectivity index (χ1) is 13.2. The topological polar surface area (TPSA) is 102 Å². The molecule has 2 N–H and O–H groups in total. The van der Waals surface area contributed by atoms with Gasteiger partial charge in [0.25, 0.3) is 5.91 Å². The number of hydrogen-bond acceptors (Lipinski definition) is 5. The second kappa shape index (κ2) is 7.78. The second-order valence-corrected chi connectivity index (χ2v) is 8.48. The summed E-state index contributed by atoms with van der Waals surface area (Å²) in [7, 11) is -2.29. The number of sulfonamides is 1. The fourth-order valence-corrected chi connectivity index (χ4v) is 4.04. The van der Waals surface area contributed by atoms with Crippen LogP contribution in [0.2, 0.25) is 5.02 Å². The van der Waals surface area contributed by atoms with E-state index < -0.39 is 15.9 Å². The minimum atomic E-state index is -3.72. The van der Waals surface area contributed by atoms with Gasteiger partial charge in [0.15, 0.2) is 0 Å². The van der Waals surface area contributed by atoms with E-state index in [-0.39, 0.29) is 22.3 Å². The number of nitrogens with zero attached hydrogens (tertiary/aromatic N) is 2. The number of methoxy groups -OCH3 is 1. The summed E-state index contributed by atoms with van der Waals surface area (Å²) < 4.78 is 34.2. The van der Waals surface area contributed by atoms with Crippen molar-refractivity contribution in [2.45, 2.75) is 24.8 Å². The molecule has 0 saturated carbocycles. The van der Waals surface area contributed by atoms with Gasteiger partial charge in [-0.05, 0) is 44.2 Å². The predicted molar refractivity (Wildman–Crippen MR) is 107 cm³/mol. The monoisotopic (exact) mass is 422 g/mol. The van der Waals surface area contributed by atoms with Gasteiger partial charge in [-0.15, -0.1) is 0 Å². The quantitative estimate of drug-likeness (QED) is 0.635. The molecule has 0 aliphatic rings. The first kappa shape index (κ1) is 20.1. The van der Waals surface area contributed by atoms with Gasteiger partial charge in [-0.3, -0.25) is 4.79 Å². The molecule has 0 fully saturated rings. The number of rotatable bonds is 6. The average molecular weight is 423 g/mol. The van der Waals surface area contributed by atoms with Crippen LogP contribution in [-0.4, -0.2) is 36.9 Å². The van der Waals surface area contributed by atoms with E-state index >= 15 is 0 Å².